The first-order chi connectivity index (χ1) is 17.4. The van der Waals surface area contributed by atoms with E-state index >= 15 is 0 Å². The van der Waals surface area contributed by atoms with E-state index in [1.165, 1.54) is 24.3 Å². The molecule has 1 atom stereocenters. The van der Waals surface area contributed by atoms with Crippen molar-refractivity contribution in [3.63, 3.8) is 0 Å². The van der Waals surface area contributed by atoms with Gasteiger partial charge in [0.05, 0.1) is 11.5 Å². The summed E-state index contributed by atoms with van der Waals surface area (Å²) in [4.78, 5) is 35.5. The SMILES string of the molecule is CC(NC(=O)c1cccc([N+](=O)[O-])c1)C(=O)NCc1ccccc1-c1ccc(Cn2cccn2)cc1. The summed E-state index contributed by atoms with van der Waals surface area (Å²) < 4.78 is 1.86. The van der Waals surface area contributed by atoms with Crippen LogP contribution in [0.15, 0.2) is 91.3 Å². The minimum atomic E-state index is -0.828. The molecule has 0 bridgehead atoms. The first-order valence-electron chi connectivity index (χ1n) is 11.4. The van der Waals surface area contributed by atoms with E-state index in [-0.39, 0.29) is 23.7 Å². The zero-order chi connectivity index (χ0) is 25.5. The second-order valence-corrected chi connectivity index (χ2v) is 8.28. The highest BCUT2D eigenvalue weighted by molar-refractivity contribution is 5.97. The number of carbonyl (C=O) groups excluding carboxylic acids is 2. The zero-order valence-electron chi connectivity index (χ0n) is 19.6. The zero-order valence-corrected chi connectivity index (χ0v) is 19.6. The standard InChI is InChI=1S/C27H25N5O4/c1-19(30-27(34)22-7-4-8-24(16-22)32(35)36)26(33)28-17-23-6-2-3-9-25(23)21-12-10-20(11-13-21)18-31-15-5-14-29-31/h2-16,19H,17-18H2,1H3,(H,28,33)(H,30,34). The molecule has 0 fully saturated rings. The van der Waals surface area contributed by atoms with Gasteiger partial charge in [-0.15, -0.1) is 0 Å². The molecule has 0 saturated heterocycles. The number of nitro benzene ring substituents is 1. The van der Waals surface area contributed by atoms with Gasteiger partial charge in [-0.25, -0.2) is 0 Å². The highest BCUT2D eigenvalue weighted by Crippen LogP contribution is 2.24. The molecule has 1 heterocycles. The Morgan fingerprint density at radius 3 is 2.53 bits per heavy atom. The molecule has 2 N–H and O–H groups in total. The quantitative estimate of drug-likeness (QED) is 0.276. The van der Waals surface area contributed by atoms with E-state index in [0.717, 1.165) is 22.3 Å². The molecule has 0 spiro atoms. The number of nitrogens with zero attached hydrogens (tertiary/aromatic N) is 3. The normalized spacial score (nSPS) is 11.5. The van der Waals surface area contributed by atoms with Gasteiger partial charge >= 0.3 is 0 Å². The van der Waals surface area contributed by atoms with Crippen LogP contribution in [0.1, 0.15) is 28.4 Å². The monoisotopic (exact) mass is 483 g/mol. The molecule has 9 heteroatoms. The summed E-state index contributed by atoms with van der Waals surface area (Å²) >= 11 is 0. The summed E-state index contributed by atoms with van der Waals surface area (Å²) in [6.45, 7) is 2.53. The van der Waals surface area contributed by atoms with Crippen LogP contribution in [0.2, 0.25) is 0 Å². The third-order valence-electron chi connectivity index (χ3n) is 5.70. The Morgan fingerprint density at radius 2 is 1.81 bits per heavy atom. The molecular formula is C27H25N5O4. The van der Waals surface area contributed by atoms with Crippen molar-refractivity contribution in [1.82, 2.24) is 20.4 Å². The lowest BCUT2D eigenvalue weighted by Gasteiger charge is -2.16. The molecule has 0 aliphatic rings. The van der Waals surface area contributed by atoms with Gasteiger partial charge in [0.15, 0.2) is 0 Å². The molecule has 0 aliphatic heterocycles. The second kappa shape index (κ2) is 11.1. The van der Waals surface area contributed by atoms with Crippen LogP contribution in [0.25, 0.3) is 11.1 Å². The Hall–Kier alpha value is -4.79. The topological polar surface area (TPSA) is 119 Å². The van der Waals surface area contributed by atoms with Crippen LogP contribution in [-0.4, -0.2) is 32.6 Å². The Balaban J connectivity index is 1.37. The molecular weight excluding hydrogens is 458 g/mol. The van der Waals surface area contributed by atoms with Gasteiger partial charge in [0.25, 0.3) is 11.6 Å². The van der Waals surface area contributed by atoms with Crippen LogP contribution in [0.5, 0.6) is 0 Å². The Morgan fingerprint density at radius 1 is 1.03 bits per heavy atom. The third kappa shape index (κ3) is 6.01. The molecule has 4 rings (SSSR count). The predicted octanol–water partition coefficient (Wildman–Crippen LogP) is 3.94. The Kier molecular flexibility index (Phi) is 7.50. The van der Waals surface area contributed by atoms with E-state index in [2.05, 4.69) is 27.9 Å². The highest BCUT2D eigenvalue weighted by Gasteiger charge is 2.18. The van der Waals surface area contributed by atoms with Crippen LogP contribution < -0.4 is 10.6 Å². The van der Waals surface area contributed by atoms with E-state index < -0.39 is 16.9 Å². The van der Waals surface area contributed by atoms with Gasteiger partial charge in [0.2, 0.25) is 5.91 Å². The summed E-state index contributed by atoms with van der Waals surface area (Å²) in [5.41, 5.74) is 4.01. The van der Waals surface area contributed by atoms with Gasteiger partial charge in [0, 0.05) is 36.6 Å². The van der Waals surface area contributed by atoms with E-state index in [4.69, 9.17) is 0 Å². The number of hydrogen-bond donors (Lipinski definition) is 2. The van der Waals surface area contributed by atoms with Gasteiger partial charge in [0.1, 0.15) is 6.04 Å². The van der Waals surface area contributed by atoms with Gasteiger partial charge in [-0.1, -0.05) is 54.6 Å². The van der Waals surface area contributed by atoms with Gasteiger partial charge < -0.3 is 10.6 Å². The Bertz CT molecular complexity index is 1370. The van der Waals surface area contributed by atoms with Crippen molar-refractivity contribution in [2.75, 3.05) is 0 Å². The fourth-order valence-corrected chi connectivity index (χ4v) is 3.77. The van der Waals surface area contributed by atoms with E-state index in [1.54, 1.807) is 13.1 Å². The van der Waals surface area contributed by atoms with Crippen molar-refractivity contribution in [1.29, 1.82) is 0 Å². The summed E-state index contributed by atoms with van der Waals surface area (Å²) in [5, 5.41) is 20.6. The van der Waals surface area contributed by atoms with Crippen LogP contribution in [0.3, 0.4) is 0 Å². The lowest BCUT2D eigenvalue weighted by Crippen LogP contribution is -2.44. The number of benzene rings is 3. The maximum absolute atomic E-state index is 12.7. The van der Waals surface area contributed by atoms with Crippen LogP contribution in [0.4, 0.5) is 5.69 Å². The number of nitro groups is 1. The highest BCUT2D eigenvalue weighted by atomic mass is 16.6. The van der Waals surface area contributed by atoms with Crippen molar-refractivity contribution >= 4 is 17.5 Å². The lowest BCUT2D eigenvalue weighted by molar-refractivity contribution is -0.384. The van der Waals surface area contributed by atoms with E-state index in [9.17, 15) is 19.7 Å². The summed E-state index contributed by atoms with van der Waals surface area (Å²) in [5.74, 6) is -0.921. The molecule has 1 unspecified atom stereocenters. The minimum absolute atomic E-state index is 0.116. The number of hydrogen-bond acceptors (Lipinski definition) is 5. The number of rotatable bonds is 9. The first kappa shape index (κ1) is 24.3. The van der Waals surface area contributed by atoms with Crippen molar-refractivity contribution in [2.45, 2.75) is 26.1 Å². The summed E-state index contributed by atoms with van der Waals surface area (Å²) in [6, 6.07) is 22.4. The van der Waals surface area contributed by atoms with E-state index in [1.807, 2.05) is 53.3 Å². The van der Waals surface area contributed by atoms with Crippen LogP contribution >= 0.6 is 0 Å². The Labute approximate surface area is 207 Å². The average Bonchev–Trinajstić information content (AvgIpc) is 3.41. The maximum Gasteiger partial charge on any atom is 0.270 e. The summed E-state index contributed by atoms with van der Waals surface area (Å²) in [6.07, 6.45) is 3.66. The fourth-order valence-electron chi connectivity index (χ4n) is 3.77. The second-order valence-electron chi connectivity index (χ2n) is 8.28. The molecule has 4 aromatic rings. The van der Waals surface area contributed by atoms with Crippen molar-refractivity contribution in [3.05, 3.63) is 118 Å². The van der Waals surface area contributed by atoms with Gasteiger partial charge in [-0.05, 0) is 41.3 Å². The number of aromatic nitrogens is 2. The fraction of sp³-hybridized carbons (Fsp3) is 0.148. The molecule has 2 amide bonds. The van der Waals surface area contributed by atoms with E-state index in [0.29, 0.717) is 6.54 Å². The van der Waals surface area contributed by atoms with Crippen LogP contribution in [0, 0.1) is 10.1 Å². The largest absolute Gasteiger partial charge is 0.350 e. The van der Waals surface area contributed by atoms with Crippen molar-refractivity contribution in [2.24, 2.45) is 0 Å². The van der Waals surface area contributed by atoms with Gasteiger partial charge in [-0.3, -0.25) is 24.4 Å². The molecule has 3 aromatic carbocycles. The average molecular weight is 484 g/mol. The van der Waals surface area contributed by atoms with Gasteiger partial charge in [-0.2, -0.15) is 5.10 Å². The maximum atomic E-state index is 12.7. The molecule has 36 heavy (non-hydrogen) atoms. The number of non-ortho nitro benzene ring substituents is 1. The summed E-state index contributed by atoms with van der Waals surface area (Å²) in [7, 11) is 0. The molecule has 182 valence electrons. The predicted molar refractivity (Wildman–Crippen MR) is 135 cm³/mol. The molecule has 0 saturated carbocycles. The minimum Gasteiger partial charge on any atom is -0.350 e. The number of carbonyl (C=O) groups is 2. The molecule has 9 nitrogen and oxygen atoms in total. The van der Waals surface area contributed by atoms with Crippen LogP contribution in [-0.2, 0) is 17.9 Å². The number of nitrogens with one attached hydrogen (secondary N) is 2. The first-order valence-corrected chi connectivity index (χ1v) is 11.4. The third-order valence-corrected chi connectivity index (χ3v) is 5.70. The van der Waals surface area contributed by atoms with Crippen molar-refractivity contribution < 1.29 is 14.5 Å². The van der Waals surface area contributed by atoms with Crippen molar-refractivity contribution in [3.8, 4) is 11.1 Å². The number of amides is 2. The lowest BCUT2D eigenvalue weighted by atomic mass is 9.98. The molecule has 1 aromatic heterocycles. The smallest absolute Gasteiger partial charge is 0.270 e. The molecule has 0 aliphatic carbocycles. The molecule has 0 radical (unpaired) electrons.